The highest BCUT2D eigenvalue weighted by Gasteiger charge is 2.51. The third-order valence-electron chi connectivity index (χ3n) is 5.40. The molecule has 1 aromatic heterocycles. The zero-order valence-electron chi connectivity index (χ0n) is 17.0. The summed E-state index contributed by atoms with van der Waals surface area (Å²) >= 11 is 13.5. The van der Waals surface area contributed by atoms with E-state index >= 15 is 0 Å². The van der Waals surface area contributed by atoms with Crippen LogP contribution in [0.25, 0.3) is 0 Å². The SMILES string of the molecule is CC1(C)OB(c2csc(C[C@H](NC(=O)c3c(Cl)cccc3Cl)C(=O)O)c2)OC1(C)C. The molecular weight excluding hydrogens is 448 g/mol. The van der Waals surface area contributed by atoms with Crippen LogP contribution in [0.5, 0.6) is 0 Å². The van der Waals surface area contributed by atoms with E-state index in [0.29, 0.717) is 0 Å². The van der Waals surface area contributed by atoms with Crippen LogP contribution in [0, 0.1) is 0 Å². The Balaban J connectivity index is 1.73. The molecule has 0 unspecified atom stereocenters. The van der Waals surface area contributed by atoms with E-state index < -0.39 is 36.2 Å². The van der Waals surface area contributed by atoms with Crippen LogP contribution >= 0.6 is 34.5 Å². The van der Waals surface area contributed by atoms with Crippen LogP contribution in [0.2, 0.25) is 10.0 Å². The summed E-state index contributed by atoms with van der Waals surface area (Å²) in [6.07, 6.45) is 0.104. The Kier molecular flexibility index (Phi) is 6.55. The van der Waals surface area contributed by atoms with Crippen molar-refractivity contribution in [3.05, 3.63) is 50.1 Å². The fraction of sp³-hybridized carbons (Fsp3) is 0.400. The minimum Gasteiger partial charge on any atom is -0.480 e. The van der Waals surface area contributed by atoms with Crippen molar-refractivity contribution in [3.63, 3.8) is 0 Å². The summed E-state index contributed by atoms with van der Waals surface area (Å²) < 4.78 is 12.1. The first-order valence-corrected chi connectivity index (χ1v) is 11.0. The lowest BCUT2D eigenvalue weighted by atomic mass is 9.81. The molecule has 0 bridgehead atoms. The summed E-state index contributed by atoms with van der Waals surface area (Å²) in [5.74, 6) is -1.79. The minimum atomic E-state index is -1.16. The summed E-state index contributed by atoms with van der Waals surface area (Å²) in [7, 11) is -0.528. The molecule has 2 heterocycles. The first-order valence-electron chi connectivity index (χ1n) is 9.32. The first kappa shape index (κ1) is 23.1. The van der Waals surface area contributed by atoms with E-state index in [4.69, 9.17) is 32.5 Å². The summed E-state index contributed by atoms with van der Waals surface area (Å²) in [6.45, 7) is 7.87. The van der Waals surface area contributed by atoms with Gasteiger partial charge in [0.2, 0.25) is 0 Å². The fourth-order valence-electron chi connectivity index (χ4n) is 2.95. The van der Waals surface area contributed by atoms with Crippen LogP contribution in [0.4, 0.5) is 0 Å². The number of carboxylic acid groups (broad SMARTS) is 1. The minimum absolute atomic E-state index is 0.0520. The summed E-state index contributed by atoms with van der Waals surface area (Å²) in [5.41, 5.74) is -0.0636. The molecule has 1 fully saturated rings. The summed E-state index contributed by atoms with van der Waals surface area (Å²) in [6, 6.07) is 5.36. The first-order chi connectivity index (χ1) is 13.9. The number of carboxylic acids is 1. The van der Waals surface area contributed by atoms with Gasteiger partial charge in [0.1, 0.15) is 6.04 Å². The second kappa shape index (κ2) is 8.51. The Morgan fingerprint density at radius 3 is 2.27 bits per heavy atom. The van der Waals surface area contributed by atoms with E-state index in [1.807, 2.05) is 39.1 Å². The number of carbonyl (C=O) groups is 2. The lowest BCUT2D eigenvalue weighted by molar-refractivity contribution is -0.139. The van der Waals surface area contributed by atoms with Gasteiger partial charge >= 0.3 is 13.1 Å². The van der Waals surface area contributed by atoms with Crippen molar-refractivity contribution in [1.29, 1.82) is 0 Å². The smallest absolute Gasteiger partial charge is 0.480 e. The van der Waals surface area contributed by atoms with Crippen molar-refractivity contribution < 1.29 is 24.0 Å². The summed E-state index contributed by atoms with van der Waals surface area (Å²) in [5, 5.41) is 14.3. The second-order valence-electron chi connectivity index (χ2n) is 8.10. The molecule has 160 valence electrons. The highest BCUT2D eigenvalue weighted by atomic mass is 35.5. The molecule has 2 N–H and O–H groups in total. The van der Waals surface area contributed by atoms with E-state index in [1.165, 1.54) is 23.5 Å². The van der Waals surface area contributed by atoms with Crippen molar-refractivity contribution >= 4 is 59.0 Å². The summed E-state index contributed by atoms with van der Waals surface area (Å²) in [4.78, 5) is 25.1. The molecule has 0 saturated carbocycles. The monoisotopic (exact) mass is 469 g/mol. The Labute approximate surface area is 189 Å². The molecule has 2 aromatic rings. The molecule has 1 saturated heterocycles. The number of nitrogens with one attached hydrogen (secondary N) is 1. The second-order valence-corrected chi connectivity index (χ2v) is 9.91. The molecule has 6 nitrogen and oxygen atoms in total. The van der Waals surface area contributed by atoms with E-state index in [2.05, 4.69) is 5.32 Å². The Bertz CT molecular complexity index is 942. The van der Waals surface area contributed by atoms with E-state index in [9.17, 15) is 14.7 Å². The molecule has 1 aromatic carbocycles. The molecule has 10 heteroatoms. The lowest BCUT2D eigenvalue weighted by Crippen LogP contribution is -2.42. The molecule has 1 aliphatic heterocycles. The topological polar surface area (TPSA) is 84.9 Å². The van der Waals surface area contributed by atoms with Gasteiger partial charge in [0.25, 0.3) is 5.91 Å². The largest absolute Gasteiger partial charge is 0.495 e. The van der Waals surface area contributed by atoms with Crippen molar-refractivity contribution in [3.8, 4) is 0 Å². The van der Waals surface area contributed by atoms with Crippen LogP contribution in [-0.4, -0.2) is 41.3 Å². The van der Waals surface area contributed by atoms with Crippen LogP contribution in [0.3, 0.4) is 0 Å². The van der Waals surface area contributed by atoms with Crippen molar-refractivity contribution in [2.24, 2.45) is 0 Å². The molecule has 1 amide bonds. The van der Waals surface area contributed by atoms with Gasteiger partial charge in [-0.25, -0.2) is 4.79 Å². The number of halogens is 2. The number of amides is 1. The quantitative estimate of drug-likeness (QED) is 0.629. The molecular formula is C20H22BCl2NO5S. The Morgan fingerprint density at radius 1 is 1.17 bits per heavy atom. The third kappa shape index (κ3) is 4.68. The Morgan fingerprint density at radius 2 is 1.73 bits per heavy atom. The molecule has 3 rings (SSSR count). The number of aliphatic carboxylic acids is 1. The van der Waals surface area contributed by atoms with Gasteiger partial charge < -0.3 is 19.7 Å². The van der Waals surface area contributed by atoms with Crippen LogP contribution < -0.4 is 10.8 Å². The maximum atomic E-state index is 12.6. The van der Waals surface area contributed by atoms with E-state index in [-0.39, 0.29) is 22.0 Å². The number of carbonyl (C=O) groups excluding carboxylic acids is 1. The standard InChI is InChI=1S/C20H22BCl2NO5S/c1-19(2)20(3,4)29-21(28-19)11-8-12(30-10-11)9-15(18(26)27)24-17(25)16-13(22)6-5-7-14(16)23/h5-8,10,15H,9H2,1-4H3,(H,24,25)(H,26,27)/t15-/m0/s1. The van der Waals surface area contributed by atoms with Crippen LogP contribution in [-0.2, 0) is 20.5 Å². The van der Waals surface area contributed by atoms with E-state index in [1.54, 1.807) is 6.07 Å². The highest BCUT2D eigenvalue weighted by Crippen LogP contribution is 2.36. The molecule has 1 aliphatic rings. The number of benzene rings is 1. The third-order valence-corrected chi connectivity index (χ3v) is 7.01. The zero-order valence-corrected chi connectivity index (χ0v) is 19.3. The molecule has 0 spiro atoms. The highest BCUT2D eigenvalue weighted by molar-refractivity contribution is 7.11. The van der Waals surface area contributed by atoms with Gasteiger partial charge in [-0.3, -0.25) is 4.79 Å². The predicted molar refractivity (Wildman–Crippen MR) is 119 cm³/mol. The number of hydrogen-bond donors (Lipinski definition) is 2. The maximum Gasteiger partial charge on any atom is 0.495 e. The van der Waals surface area contributed by atoms with Gasteiger partial charge in [0.15, 0.2) is 0 Å². The normalized spacial score (nSPS) is 18.3. The van der Waals surface area contributed by atoms with Gasteiger partial charge in [-0.2, -0.15) is 0 Å². The molecule has 1 atom stereocenters. The number of hydrogen-bond acceptors (Lipinski definition) is 5. The van der Waals surface area contributed by atoms with Crippen LogP contribution in [0.15, 0.2) is 29.6 Å². The zero-order chi connectivity index (χ0) is 22.3. The number of rotatable bonds is 6. The number of thiophene rings is 1. The van der Waals surface area contributed by atoms with E-state index in [0.717, 1.165) is 10.3 Å². The van der Waals surface area contributed by atoms with Gasteiger partial charge in [0.05, 0.1) is 26.8 Å². The maximum absolute atomic E-state index is 12.6. The van der Waals surface area contributed by atoms with Gasteiger partial charge in [0, 0.05) is 11.3 Å². The van der Waals surface area contributed by atoms with Crippen molar-refractivity contribution in [2.45, 2.75) is 51.4 Å². The molecule has 30 heavy (non-hydrogen) atoms. The average Bonchev–Trinajstić information content (AvgIpc) is 3.16. The molecule has 0 aliphatic carbocycles. The van der Waals surface area contributed by atoms with Gasteiger partial charge in [-0.1, -0.05) is 29.3 Å². The predicted octanol–water partition coefficient (Wildman–Crippen LogP) is 3.78. The average molecular weight is 470 g/mol. The van der Waals surface area contributed by atoms with Gasteiger partial charge in [-0.05, 0) is 56.7 Å². The Hall–Kier alpha value is -1.58. The van der Waals surface area contributed by atoms with Gasteiger partial charge in [-0.15, -0.1) is 11.3 Å². The lowest BCUT2D eigenvalue weighted by Gasteiger charge is -2.32. The fourth-order valence-corrected chi connectivity index (χ4v) is 4.46. The molecule has 0 radical (unpaired) electrons. The van der Waals surface area contributed by atoms with Crippen LogP contribution in [0.1, 0.15) is 42.9 Å². The van der Waals surface area contributed by atoms with Crippen molar-refractivity contribution in [2.75, 3.05) is 0 Å². The van der Waals surface area contributed by atoms with Crippen molar-refractivity contribution in [1.82, 2.24) is 5.32 Å².